The summed E-state index contributed by atoms with van der Waals surface area (Å²) in [6.07, 6.45) is 5.22. The molecule has 2 heterocycles. The zero-order valence-corrected chi connectivity index (χ0v) is 13.6. The Bertz CT molecular complexity index is 1050. The molecular weight excluding hydrogens is 324 g/mol. The second kappa shape index (κ2) is 6.23. The molecule has 0 saturated carbocycles. The van der Waals surface area contributed by atoms with Crippen LogP contribution < -0.4 is 5.56 Å². The number of aromatic amines is 1. The SMILES string of the molecule is CC(C)n1cc(/C=C\c2nc(O)c([N+](=O)[O-])c(=O)[nH]2)c2ccccc21. The molecule has 8 heteroatoms. The highest BCUT2D eigenvalue weighted by molar-refractivity contribution is 5.91. The van der Waals surface area contributed by atoms with E-state index >= 15 is 0 Å². The number of aromatic hydroxyl groups is 1. The number of benzene rings is 1. The first-order valence-electron chi connectivity index (χ1n) is 7.64. The number of fused-ring (bicyclic) bond motifs is 1. The topological polar surface area (TPSA) is 114 Å². The summed E-state index contributed by atoms with van der Waals surface area (Å²) in [5, 5.41) is 21.3. The van der Waals surface area contributed by atoms with Crippen molar-refractivity contribution in [2.75, 3.05) is 0 Å². The second-order valence-electron chi connectivity index (χ2n) is 5.82. The highest BCUT2D eigenvalue weighted by atomic mass is 16.6. The lowest BCUT2D eigenvalue weighted by molar-refractivity contribution is -0.387. The molecule has 0 aliphatic rings. The average molecular weight is 340 g/mol. The fourth-order valence-electron chi connectivity index (χ4n) is 2.68. The van der Waals surface area contributed by atoms with Crippen molar-refractivity contribution in [3.8, 4) is 5.88 Å². The summed E-state index contributed by atoms with van der Waals surface area (Å²) in [6.45, 7) is 4.15. The summed E-state index contributed by atoms with van der Waals surface area (Å²) in [4.78, 5) is 27.4. The van der Waals surface area contributed by atoms with Gasteiger partial charge >= 0.3 is 11.2 Å². The van der Waals surface area contributed by atoms with Crippen molar-refractivity contribution < 1.29 is 10.0 Å². The van der Waals surface area contributed by atoms with Crippen LogP contribution in [0.25, 0.3) is 23.1 Å². The first-order valence-corrected chi connectivity index (χ1v) is 7.64. The molecule has 0 fully saturated rings. The molecule has 25 heavy (non-hydrogen) atoms. The molecular formula is C17H16N4O4. The van der Waals surface area contributed by atoms with Crippen molar-refractivity contribution in [2.24, 2.45) is 0 Å². The molecule has 0 atom stereocenters. The third-order valence-electron chi connectivity index (χ3n) is 3.83. The molecule has 2 aromatic heterocycles. The van der Waals surface area contributed by atoms with Gasteiger partial charge in [-0.15, -0.1) is 0 Å². The summed E-state index contributed by atoms with van der Waals surface area (Å²) in [5.74, 6) is -0.868. The lowest BCUT2D eigenvalue weighted by Crippen LogP contribution is -2.14. The molecule has 0 amide bonds. The van der Waals surface area contributed by atoms with Gasteiger partial charge in [0, 0.05) is 28.7 Å². The smallest absolute Gasteiger partial charge is 0.395 e. The molecule has 3 aromatic rings. The van der Waals surface area contributed by atoms with Gasteiger partial charge in [0.15, 0.2) is 0 Å². The Morgan fingerprint density at radius 2 is 2.04 bits per heavy atom. The van der Waals surface area contributed by atoms with Crippen LogP contribution in [0, 0.1) is 10.1 Å². The number of rotatable bonds is 4. The van der Waals surface area contributed by atoms with E-state index in [4.69, 9.17) is 0 Å². The lowest BCUT2D eigenvalue weighted by atomic mass is 10.1. The molecule has 0 spiro atoms. The Morgan fingerprint density at radius 3 is 2.68 bits per heavy atom. The maximum atomic E-state index is 11.7. The maximum Gasteiger partial charge on any atom is 0.395 e. The van der Waals surface area contributed by atoms with E-state index in [1.165, 1.54) is 6.08 Å². The van der Waals surface area contributed by atoms with Gasteiger partial charge in [0.05, 0.1) is 4.92 Å². The van der Waals surface area contributed by atoms with E-state index < -0.39 is 22.0 Å². The van der Waals surface area contributed by atoms with Crippen LogP contribution in [0.3, 0.4) is 0 Å². The number of para-hydroxylation sites is 1. The fourth-order valence-corrected chi connectivity index (χ4v) is 2.68. The van der Waals surface area contributed by atoms with E-state index in [1.54, 1.807) is 6.08 Å². The summed E-state index contributed by atoms with van der Waals surface area (Å²) in [5.41, 5.74) is 0.0188. The number of hydrogen-bond donors (Lipinski definition) is 2. The van der Waals surface area contributed by atoms with Crippen LogP contribution in [-0.4, -0.2) is 24.6 Å². The zero-order chi connectivity index (χ0) is 18.1. The standard InChI is InChI=1S/C17H16N4O4/c1-10(2)20-9-11(12-5-3-4-6-13(12)20)7-8-14-18-16(22)15(21(24)25)17(23)19-14/h3-10H,1-2H3,(H2,18,19,22,23)/b8-7-. The van der Waals surface area contributed by atoms with Crippen LogP contribution in [0.2, 0.25) is 0 Å². The predicted molar refractivity (Wildman–Crippen MR) is 94.4 cm³/mol. The van der Waals surface area contributed by atoms with Crippen molar-refractivity contribution in [2.45, 2.75) is 19.9 Å². The highest BCUT2D eigenvalue weighted by Crippen LogP contribution is 2.26. The summed E-state index contributed by atoms with van der Waals surface area (Å²) < 4.78 is 2.12. The molecule has 2 N–H and O–H groups in total. The third kappa shape index (κ3) is 3.01. The molecule has 128 valence electrons. The summed E-state index contributed by atoms with van der Waals surface area (Å²) >= 11 is 0. The van der Waals surface area contributed by atoms with E-state index in [-0.39, 0.29) is 11.9 Å². The van der Waals surface area contributed by atoms with Crippen molar-refractivity contribution >= 4 is 28.7 Å². The first kappa shape index (κ1) is 16.4. The maximum absolute atomic E-state index is 11.7. The Hall–Kier alpha value is -3.42. The van der Waals surface area contributed by atoms with E-state index in [0.29, 0.717) is 0 Å². The van der Waals surface area contributed by atoms with E-state index in [1.807, 2.05) is 30.5 Å². The molecule has 0 unspecified atom stereocenters. The fraction of sp³-hybridized carbons (Fsp3) is 0.176. The monoisotopic (exact) mass is 340 g/mol. The Kier molecular flexibility index (Phi) is 4.10. The van der Waals surface area contributed by atoms with Crippen LogP contribution in [0.5, 0.6) is 5.88 Å². The lowest BCUT2D eigenvalue weighted by Gasteiger charge is -2.08. The first-order chi connectivity index (χ1) is 11.9. The number of nitrogens with one attached hydrogen (secondary N) is 1. The van der Waals surface area contributed by atoms with Crippen LogP contribution in [0.1, 0.15) is 31.3 Å². The minimum absolute atomic E-state index is 0.0366. The minimum Gasteiger partial charge on any atom is -0.488 e. The number of nitro groups is 1. The van der Waals surface area contributed by atoms with E-state index in [0.717, 1.165) is 16.5 Å². The molecule has 0 radical (unpaired) electrons. The zero-order valence-electron chi connectivity index (χ0n) is 13.6. The van der Waals surface area contributed by atoms with Gasteiger partial charge in [0.1, 0.15) is 5.82 Å². The minimum atomic E-state index is -0.998. The molecule has 0 saturated heterocycles. The van der Waals surface area contributed by atoms with Crippen molar-refractivity contribution in [3.05, 3.63) is 62.3 Å². The van der Waals surface area contributed by atoms with Gasteiger partial charge in [-0.2, -0.15) is 4.98 Å². The van der Waals surface area contributed by atoms with Gasteiger partial charge in [-0.05, 0) is 32.1 Å². The number of hydrogen-bond acceptors (Lipinski definition) is 5. The van der Waals surface area contributed by atoms with Gasteiger partial charge in [-0.1, -0.05) is 18.2 Å². The molecule has 8 nitrogen and oxygen atoms in total. The van der Waals surface area contributed by atoms with Gasteiger partial charge in [0.2, 0.25) is 0 Å². The van der Waals surface area contributed by atoms with E-state index in [9.17, 15) is 20.0 Å². The average Bonchev–Trinajstić information content (AvgIpc) is 2.91. The van der Waals surface area contributed by atoms with Gasteiger partial charge in [0.25, 0.3) is 5.88 Å². The van der Waals surface area contributed by atoms with Crippen LogP contribution in [0.15, 0.2) is 35.3 Å². The van der Waals surface area contributed by atoms with Crippen LogP contribution >= 0.6 is 0 Å². The number of nitrogens with zero attached hydrogens (tertiary/aromatic N) is 3. The molecule has 0 bridgehead atoms. The molecule has 1 aromatic carbocycles. The number of aromatic nitrogens is 3. The normalized spacial score (nSPS) is 11.6. The number of H-pyrrole nitrogens is 1. The van der Waals surface area contributed by atoms with E-state index in [2.05, 4.69) is 28.4 Å². The van der Waals surface area contributed by atoms with Gasteiger partial charge in [-0.25, -0.2) is 0 Å². The van der Waals surface area contributed by atoms with Gasteiger partial charge in [-0.3, -0.25) is 14.9 Å². The van der Waals surface area contributed by atoms with Crippen LogP contribution in [0.4, 0.5) is 5.69 Å². The Labute approximate surface area is 142 Å². The Morgan fingerprint density at radius 1 is 1.32 bits per heavy atom. The summed E-state index contributed by atoms with van der Waals surface area (Å²) in [6, 6.07) is 8.17. The van der Waals surface area contributed by atoms with Crippen molar-refractivity contribution in [1.82, 2.24) is 14.5 Å². The molecule has 0 aliphatic heterocycles. The predicted octanol–water partition coefficient (Wildman–Crippen LogP) is 3.09. The van der Waals surface area contributed by atoms with Gasteiger partial charge < -0.3 is 14.7 Å². The largest absolute Gasteiger partial charge is 0.488 e. The summed E-state index contributed by atoms with van der Waals surface area (Å²) in [7, 11) is 0. The highest BCUT2D eigenvalue weighted by Gasteiger charge is 2.21. The third-order valence-corrected chi connectivity index (χ3v) is 3.83. The molecule has 0 aliphatic carbocycles. The quantitative estimate of drug-likeness (QED) is 0.559. The van der Waals surface area contributed by atoms with Crippen LogP contribution in [-0.2, 0) is 0 Å². The van der Waals surface area contributed by atoms with Crippen molar-refractivity contribution in [1.29, 1.82) is 0 Å². The second-order valence-corrected chi connectivity index (χ2v) is 5.82. The molecule has 3 rings (SSSR count). The van der Waals surface area contributed by atoms with Crippen molar-refractivity contribution in [3.63, 3.8) is 0 Å². The Balaban J connectivity index is 2.05.